The Bertz CT molecular complexity index is 463. The predicted octanol–water partition coefficient (Wildman–Crippen LogP) is 3.16. The number of fused-ring (bicyclic) bond motifs is 2. The zero-order chi connectivity index (χ0) is 12.5. The van der Waals surface area contributed by atoms with Crippen molar-refractivity contribution in [1.29, 1.82) is 0 Å². The summed E-state index contributed by atoms with van der Waals surface area (Å²) < 4.78 is 5.26. The Morgan fingerprint density at radius 1 is 1.22 bits per heavy atom. The summed E-state index contributed by atoms with van der Waals surface area (Å²) in [4.78, 5) is 12.2. The van der Waals surface area contributed by atoms with Crippen LogP contribution in [0.4, 0.5) is 0 Å². The first-order chi connectivity index (χ1) is 8.81. The molecule has 94 valence electrons. The van der Waals surface area contributed by atoms with Crippen molar-refractivity contribution in [1.82, 2.24) is 0 Å². The smallest absolute Gasteiger partial charge is 0.310 e. The zero-order valence-electron chi connectivity index (χ0n) is 10.6. The molecule has 2 bridgehead atoms. The molecular formula is C16H18O2. The van der Waals surface area contributed by atoms with Crippen molar-refractivity contribution in [3.8, 4) is 0 Å². The van der Waals surface area contributed by atoms with Gasteiger partial charge in [0.15, 0.2) is 0 Å². The maximum atomic E-state index is 12.2. The molecule has 2 nitrogen and oxygen atoms in total. The highest BCUT2D eigenvalue weighted by molar-refractivity contribution is 5.75. The molecule has 4 atom stereocenters. The van der Waals surface area contributed by atoms with Crippen LogP contribution in [-0.4, -0.2) is 12.6 Å². The number of hydrogen-bond donors (Lipinski definition) is 0. The molecule has 2 aliphatic rings. The number of esters is 1. The molecule has 0 spiro atoms. The average Bonchev–Trinajstić information content (AvgIpc) is 3.00. The third-order valence-electron chi connectivity index (χ3n) is 4.20. The van der Waals surface area contributed by atoms with Crippen LogP contribution in [0.3, 0.4) is 0 Å². The van der Waals surface area contributed by atoms with Crippen LogP contribution in [-0.2, 0) is 9.53 Å². The first-order valence-electron chi connectivity index (χ1n) is 6.71. The Balaban J connectivity index is 1.92. The molecule has 3 rings (SSSR count). The molecular weight excluding hydrogens is 224 g/mol. The summed E-state index contributed by atoms with van der Waals surface area (Å²) in [5.74, 6) is 1.18. The van der Waals surface area contributed by atoms with Crippen LogP contribution in [0.5, 0.6) is 0 Å². The van der Waals surface area contributed by atoms with Gasteiger partial charge in [-0.25, -0.2) is 0 Å². The second-order valence-electron chi connectivity index (χ2n) is 5.16. The quantitative estimate of drug-likeness (QED) is 0.601. The van der Waals surface area contributed by atoms with E-state index >= 15 is 0 Å². The first kappa shape index (κ1) is 11.5. The van der Waals surface area contributed by atoms with Crippen molar-refractivity contribution in [2.24, 2.45) is 17.8 Å². The third-order valence-corrected chi connectivity index (χ3v) is 4.20. The van der Waals surface area contributed by atoms with Gasteiger partial charge in [-0.05, 0) is 30.7 Å². The second kappa shape index (κ2) is 4.60. The fraction of sp³-hybridized carbons (Fsp3) is 0.438. The number of rotatable bonds is 3. The van der Waals surface area contributed by atoms with E-state index in [0.717, 1.165) is 6.42 Å². The van der Waals surface area contributed by atoms with Gasteiger partial charge in [0.05, 0.1) is 12.5 Å². The molecule has 18 heavy (non-hydrogen) atoms. The van der Waals surface area contributed by atoms with Crippen LogP contribution in [0.1, 0.15) is 24.8 Å². The third kappa shape index (κ3) is 1.76. The van der Waals surface area contributed by atoms with Crippen molar-refractivity contribution >= 4 is 5.97 Å². The highest BCUT2D eigenvalue weighted by atomic mass is 16.5. The van der Waals surface area contributed by atoms with Gasteiger partial charge in [0.25, 0.3) is 0 Å². The molecule has 0 aromatic heterocycles. The molecule has 0 unspecified atom stereocenters. The standard InChI is InChI=1S/C16H18O2/c1-2-18-16(17)15-13-9-8-12(10-13)14(15)11-6-4-3-5-7-11/h3-9,12-15H,2,10H2,1H3/t12-,13+,14-,15+/m0/s1. The molecule has 0 N–H and O–H groups in total. The minimum absolute atomic E-state index is 0.0161. The van der Waals surface area contributed by atoms with Gasteiger partial charge in [-0.3, -0.25) is 4.79 Å². The molecule has 1 aromatic carbocycles. The van der Waals surface area contributed by atoms with E-state index in [2.05, 4.69) is 24.3 Å². The average molecular weight is 242 g/mol. The zero-order valence-corrected chi connectivity index (χ0v) is 10.6. The molecule has 0 heterocycles. The highest BCUT2D eigenvalue weighted by Gasteiger charge is 2.49. The number of hydrogen-bond acceptors (Lipinski definition) is 2. The van der Waals surface area contributed by atoms with Crippen LogP contribution in [0.15, 0.2) is 42.5 Å². The Morgan fingerprint density at radius 3 is 2.67 bits per heavy atom. The van der Waals surface area contributed by atoms with Crippen molar-refractivity contribution < 1.29 is 9.53 Å². The van der Waals surface area contributed by atoms with Gasteiger partial charge in [0.2, 0.25) is 0 Å². The normalized spacial score (nSPS) is 32.7. The minimum Gasteiger partial charge on any atom is -0.466 e. The van der Waals surface area contributed by atoms with Crippen LogP contribution in [0.25, 0.3) is 0 Å². The number of carbonyl (C=O) groups is 1. The largest absolute Gasteiger partial charge is 0.466 e. The van der Waals surface area contributed by atoms with E-state index in [1.165, 1.54) is 5.56 Å². The van der Waals surface area contributed by atoms with E-state index in [1.54, 1.807) is 0 Å². The first-order valence-corrected chi connectivity index (χ1v) is 6.71. The number of ether oxygens (including phenoxy) is 1. The minimum atomic E-state index is -0.0248. The van der Waals surface area contributed by atoms with Gasteiger partial charge < -0.3 is 4.74 Å². The molecule has 0 saturated heterocycles. The summed E-state index contributed by atoms with van der Waals surface area (Å²) in [7, 11) is 0. The van der Waals surface area contributed by atoms with Gasteiger partial charge in [0, 0.05) is 5.92 Å². The maximum Gasteiger partial charge on any atom is 0.310 e. The van der Waals surface area contributed by atoms with E-state index < -0.39 is 0 Å². The SMILES string of the molecule is CCOC(=O)[C@H]1[C@@H](c2ccccc2)[C@H]2C=C[C@@H]1C2. The molecule has 0 amide bonds. The van der Waals surface area contributed by atoms with Gasteiger partial charge in [-0.15, -0.1) is 0 Å². The summed E-state index contributed by atoms with van der Waals surface area (Å²) in [6.45, 7) is 2.34. The van der Waals surface area contributed by atoms with Crippen LogP contribution >= 0.6 is 0 Å². The highest BCUT2D eigenvalue weighted by Crippen LogP contribution is 2.53. The Labute approximate surface area is 108 Å². The Kier molecular flexibility index (Phi) is 2.94. The van der Waals surface area contributed by atoms with Crippen molar-refractivity contribution in [3.63, 3.8) is 0 Å². The topological polar surface area (TPSA) is 26.3 Å². The van der Waals surface area contributed by atoms with Crippen LogP contribution in [0.2, 0.25) is 0 Å². The Morgan fingerprint density at radius 2 is 1.94 bits per heavy atom. The molecule has 2 aliphatic carbocycles. The predicted molar refractivity (Wildman–Crippen MR) is 70.0 cm³/mol. The molecule has 1 saturated carbocycles. The summed E-state index contributed by atoms with van der Waals surface area (Å²) in [5.41, 5.74) is 1.27. The molecule has 1 aromatic rings. The molecule has 0 radical (unpaired) electrons. The molecule has 0 aliphatic heterocycles. The Hall–Kier alpha value is -1.57. The summed E-state index contributed by atoms with van der Waals surface area (Å²) in [5, 5.41) is 0. The van der Waals surface area contributed by atoms with E-state index in [4.69, 9.17) is 4.74 Å². The van der Waals surface area contributed by atoms with Crippen molar-refractivity contribution in [3.05, 3.63) is 48.0 Å². The van der Waals surface area contributed by atoms with E-state index in [0.29, 0.717) is 24.4 Å². The van der Waals surface area contributed by atoms with Gasteiger partial charge in [-0.1, -0.05) is 42.5 Å². The lowest BCUT2D eigenvalue weighted by atomic mass is 9.78. The van der Waals surface area contributed by atoms with Crippen molar-refractivity contribution in [2.45, 2.75) is 19.3 Å². The number of carbonyl (C=O) groups excluding carboxylic acids is 1. The van der Waals surface area contributed by atoms with E-state index in [-0.39, 0.29) is 11.9 Å². The van der Waals surface area contributed by atoms with Gasteiger partial charge in [0.1, 0.15) is 0 Å². The number of benzene rings is 1. The van der Waals surface area contributed by atoms with E-state index in [9.17, 15) is 4.79 Å². The van der Waals surface area contributed by atoms with Gasteiger partial charge >= 0.3 is 5.97 Å². The molecule has 2 heteroatoms. The van der Waals surface area contributed by atoms with Crippen molar-refractivity contribution in [2.75, 3.05) is 6.61 Å². The second-order valence-corrected chi connectivity index (χ2v) is 5.16. The lowest BCUT2D eigenvalue weighted by molar-refractivity contribution is -0.149. The van der Waals surface area contributed by atoms with E-state index in [1.807, 2.05) is 25.1 Å². The monoisotopic (exact) mass is 242 g/mol. The van der Waals surface area contributed by atoms with Crippen LogP contribution in [0, 0.1) is 17.8 Å². The maximum absolute atomic E-state index is 12.2. The summed E-state index contributed by atoms with van der Waals surface area (Å²) in [6.07, 6.45) is 5.58. The summed E-state index contributed by atoms with van der Waals surface area (Å²) in [6, 6.07) is 10.4. The fourth-order valence-corrected chi connectivity index (χ4v) is 3.51. The number of allylic oxidation sites excluding steroid dienone is 2. The lowest BCUT2D eigenvalue weighted by Gasteiger charge is -2.26. The fourth-order valence-electron chi connectivity index (χ4n) is 3.51. The lowest BCUT2D eigenvalue weighted by Crippen LogP contribution is -2.28. The molecule has 1 fully saturated rings. The van der Waals surface area contributed by atoms with Crippen LogP contribution < -0.4 is 0 Å². The summed E-state index contributed by atoms with van der Waals surface area (Å²) >= 11 is 0. The van der Waals surface area contributed by atoms with Gasteiger partial charge in [-0.2, -0.15) is 0 Å².